The molecule has 0 N–H and O–H groups in total. The van der Waals surface area contributed by atoms with Crippen molar-refractivity contribution in [1.82, 2.24) is 0 Å². The van der Waals surface area contributed by atoms with Gasteiger partial charge in [0.2, 0.25) is 0 Å². The molecule has 2 rings (SSSR count). The van der Waals surface area contributed by atoms with Crippen LogP contribution in [0.3, 0.4) is 0 Å². The Kier molecular flexibility index (Phi) is 4.91. The topological polar surface area (TPSA) is 69.4 Å². The van der Waals surface area contributed by atoms with Crippen molar-refractivity contribution in [3.05, 3.63) is 58.2 Å². The van der Waals surface area contributed by atoms with E-state index in [9.17, 15) is 28.1 Å². The van der Waals surface area contributed by atoms with E-state index >= 15 is 0 Å². The second-order valence-corrected chi connectivity index (χ2v) is 5.73. The molecule has 10 heteroatoms. The average molecular weight is 382 g/mol. The molecule has 0 saturated heterocycles. The third kappa shape index (κ3) is 3.39. The molecule has 2 atom stereocenters. The summed E-state index contributed by atoms with van der Waals surface area (Å²) in [6, 6.07) is 2.87. The Morgan fingerprint density at radius 2 is 2.00 bits per heavy atom. The second kappa shape index (κ2) is 6.45. The smallest absolute Gasteiger partial charge is 0.415 e. The molecule has 0 amide bonds. The maximum absolute atomic E-state index is 13.2. The maximum atomic E-state index is 13.2. The van der Waals surface area contributed by atoms with Gasteiger partial charge >= 0.3 is 6.18 Å². The molecule has 0 radical (unpaired) electrons. The maximum Gasteiger partial charge on any atom is 0.415 e. The van der Waals surface area contributed by atoms with Gasteiger partial charge in [-0.25, -0.2) is 0 Å². The normalized spacial score (nSPS) is 23.1. The summed E-state index contributed by atoms with van der Waals surface area (Å²) < 4.78 is 44.8. The highest BCUT2D eigenvalue weighted by molar-refractivity contribution is 6.68. The van der Waals surface area contributed by atoms with Crippen LogP contribution >= 0.6 is 23.2 Å². The van der Waals surface area contributed by atoms with E-state index in [0.717, 1.165) is 36.4 Å². The highest BCUT2D eigenvalue weighted by Gasteiger charge is 2.58. The average Bonchev–Trinajstić information content (AvgIpc) is 2.48. The third-order valence-electron chi connectivity index (χ3n) is 3.22. The Morgan fingerprint density at radius 3 is 2.54 bits per heavy atom. The predicted octanol–water partition coefficient (Wildman–Crippen LogP) is 4.39. The summed E-state index contributed by atoms with van der Waals surface area (Å²) in [7, 11) is 0. The summed E-state index contributed by atoms with van der Waals surface area (Å²) in [5.74, 6) is -0.219. The van der Waals surface area contributed by atoms with Gasteiger partial charge < -0.3 is 4.74 Å². The van der Waals surface area contributed by atoms with E-state index in [1.54, 1.807) is 0 Å². The van der Waals surface area contributed by atoms with Crippen molar-refractivity contribution in [2.45, 2.75) is 17.2 Å². The van der Waals surface area contributed by atoms with E-state index in [0.29, 0.717) is 0 Å². The first-order chi connectivity index (χ1) is 11.1. The molecule has 24 heavy (non-hydrogen) atoms. The number of nitrogens with zero attached hydrogens (tertiary/aromatic N) is 1. The van der Waals surface area contributed by atoms with Crippen molar-refractivity contribution in [3.8, 4) is 5.75 Å². The van der Waals surface area contributed by atoms with Gasteiger partial charge in [0.15, 0.2) is 4.87 Å². The largest absolute Gasteiger partial charge is 0.484 e. The number of benzene rings is 1. The van der Waals surface area contributed by atoms with Gasteiger partial charge in [0.25, 0.3) is 10.9 Å². The van der Waals surface area contributed by atoms with Crippen LogP contribution in [0, 0.1) is 10.1 Å². The van der Waals surface area contributed by atoms with Gasteiger partial charge in [-0.05, 0) is 29.8 Å². The fourth-order valence-electron chi connectivity index (χ4n) is 2.03. The van der Waals surface area contributed by atoms with Gasteiger partial charge in [0.05, 0.1) is 4.92 Å². The van der Waals surface area contributed by atoms with Crippen LogP contribution in [-0.2, 0) is 0 Å². The van der Waals surface area contributed by atoms with Crippen LogP contribution in [-0.4, -0.2) is 27.3 Å². The van der Waals surface area contributed by atoms with Crippen LogP contribution in [0.5, 0.6) is 5.75 Å². The van der Waals surface area contributed by atoms with E-state index in [-0.39, 0.29) is 5.75 Å². The van der Waals surface area contributed by atoms with E-state index in [4.69, 9.17) is 27.9 Å². The van der Waals surface area contributed by atoms with Crippen LogP contribution < -0.4 is 4.74 Å². The summed E-state index contributed by atoms with van der Waals surface area (Å²) in [5, 5.41) is 9.69. The Hall–Kier alpha value is -2.06. The number of halogens is 5. The molecule has 1 aromatic rings. The zero-order valence-corrected chi connectivity index (χ0v) is 13.1. The molecule has 0 spiro atoms. The molecule has 2 unspecified atom stereocenters. The number of alkyl halides is 4. The lowest BCUT2D eigenvalue weighted by atomic mass is 9.95. The minimum absolute atomic E-state index is 0.219. The van der Waals surface area contributed by atoms with Gasteiger partial charge in [-0.15, -0.1) is 11.6 Å². The quantitative estimate of drug-likeness (QED) is 0.335. The second-order valence-electron chi connectivity index (χ2n) is 4.76. The number of rotatable bonds is 4. The zero-order chi connectivity index (χ0) is 18.1. The summed E-state index contributed by atoms with van der Waals surface area (Å²) in [5.41, 5.74) is -1.09. The van der Waals surface area contributed by atoms with Crippen molar-refractivity contribution in [2.75, 3.05) is 0 Å². The molecule has 1 aliphatic carbocycles. The van der Waals surface area contributed by atoms with Gasteiger partial charge in [-0.1, -0.05) is 18.2 Å². The number of nitro benzene ring substituents is 1. The Morgan fingerprint density at radius 1 is 1.33 bits per heavy atom. The fraction of sp³-hybridized carbons (Fsp3) is 0.214. The Balaban J connectivity index is 2.39. The third-order valence-corrected chi connectivity index (χ3v) is 3.98. The van der Waals surface area contributed by atoms with Gasteiger partial charge in [0, 0.05) is 6.07 Å². The van der Waals surface area contributed by atoms with Gasteiger partial charge in [0.1, 0.15) is 17.4 Å². The van der Waals surface area contributed by atoms with E-state index in [1.165, 1.54) is 6.08 Å². The van der Waals surface area contributed by atoms with Gasteiger partial charge in [-0.3, -0.25) is 14.9 Å². The Bertz CT molecular complexity index is 748. The predicted molar refractivity (Wildman–Crippen MR) is 80.6 cm³/mol. The molecule has 1 aliphatic rings. The molecule has 1 aromatic carbocycles. The number of nitro groups is 1. The summed E-state index contributed by atoms with van der Waals surface area (Å²) in [6.07, 6.45) is -2.18. The minimum Gasteiger partial charge on any atom is -0.484 e. The zero-order valence-electron chi connectivity index (χ0n) is 11.6. The number of hydrogen-bond acceptors (Lipinski definition) is 4. The molecular weight excluding hydrogens is 374 g/mol. The fourth-order valence-corrected chi connectivity index (χ4v) is 2.37. The van der Waals surface area contributed by atoms with Crippen LogP contribution in [0.1, 0.15) is 10.4 Å². The molecule has 0 bridgehead atoms. The van der Waals surface area contributed by atoms with Crippen LogP contribution in [0.4, 0.5) is 18.9 Å². The van der Waals surface area contributed by atoms with Crippen LogP contribution in [0.15, 0.2) is 42.5 Å². The number of carbonyl (C=O) groups excluding carboxylic acids is 1. The number of hydrogen-bond donors (Lipinski definition) is 0. The van der Waals surface area contributed by atoms with Crippen LogP contribution in [0.25, 0.3) is 0 Å². The monoisotopic (exact) mass is 381 g/mol. The minimum atomic E-state index is -4.81. The van der Waals surface area contributed by atoms with E-state index < -0.39 is 38.6 Å². The van der Waals surface area contributed by atoms with Crippen molar-refractivity contribution >= 4 is 34.1 Å². The molecule has 0 heterocycles. The molecule has 0 fully saturated rings. The van der Waals surface area contributed by atoms with E-state index in [2.05, 4.69) is 0 Å². The molecule has 0 saturated carbocycles. The first-order valence-electron chi connectivity index (χ1n) is 6.33. The molecular formula is C14H8Cl2F3NO4. The first kappa shape index (κ1) is 18.3. The molecule has 0 aromatic heterocycles. The SMILES string of the molecule is O=C(Cl)c1cc(OC2C=CC=CC2(Cl)C(F)(F)F)ccc1[N+](=O)[O-]. The number of carbonyl (C=O) groups is 1. The number of ether oxygens (including phenoxy) is 1. The summed E-state index contributed by atoms with van der Waals surface area (Å²) in [6.45, 7) is 0. The van der Waals surface area contributed by atoms with E-state index in [1.807, 2.05) is 0 Å². The number of allylic oxidation sites excluding steroid dienone is 2. The van der Waals surface area contributed by atoms with Crippen molar-refractivity contribution in [1.29, 1.82) is 0 Å². The standard InChI is InChI=1S/C14H8Cl2F3NO4/c15-12(21)9-7-8(4-5-10(9)20(22)23)24-11-3-1-2-6-13(11,16)14(17,18)19/h1-7,11H. The molecule has 5 nitrogen and oxygen atoms in total. The lowest BCUT2D eigenvalue weighted by molar-refractivity contribution is -0.385. The van der Waals surface area contributed by atoms with Crippen LogP contribution in [0.2, 0.25) is 0 Å². The van der Waals surface area contributed by atoms with Gasteiger partial charge in [-0.2, -0.15) is 13.2 Å². The highest BCUT2D eigenvalue weighted by Crippen LogP contribution is 2.43. The van der Waals surface area contributed by atoms with Crippen molar-refractivity contribution in [2.24, 2.45) is 0 Å². The lowest BCUT2D eigenvalue weighted by Crippen LogP contribution is -2.50. The lowest BCUT2D eigenvalue weighted by Gasteiger charge is -2.34. The first-order valence-corrected chi connectivity index (χ1v) is 7.08. The Labute approximate surface area is 143 Å². The molecule has 128 valence electrons. The van der Waals surface area contributed by atoms with Crippen molar-refractivity contribution < 1.29 is 27.6 Å². The summed E-state index contributed by atoms with van der Waals surface area (Å²) >= 11 is 10.9. The van der Waals surface area contributed by atoms with Crippen molar-refractivity contribution in [3.63, 3.8) is 0 Å². The summed E-state index contributed by atoms with van der Waals surface area (Å²) in [4.78, 5) is 18.4. The highest BCUT2D eigenvalue weighted by atomic mass is 35.5. The molecule has 0 aliphatic heterocycles.